The van der Waals surface area contributed by atoms with Crippen LogP contribution < -0.4 is 0 Å². The Bertz CT molecular complexity index is 1610. The summed E-state index contributed by atoms with van der Waals surface area (Å²) in [4.78, 5) is 9.49. The molecule has 2 heteroatoms. The molecule has 0 spiro atoms. The Balaban J connectivity index is 1.25. The third-order valence-electron chi connectivity index (χ3n) is 7.75. The minimum atomic E-state index is 0.888. The Morgan fingerprint density at radius 3 is 1.26 bits per heavy atom. The van der Waals surface area contributed by atoms with Gasteiger partial charge in [-0.15, -0.1) is 0 Å². The molecule has 0 N–H and O–H groups in total. The second kappa shape index (κ2) is 15.0. The van der Waals surface area contributed by atoms with E-state index in [9.17, 15) is 0 Å². The fourth-order valence-corrected chi connectivity index (χ4v) is 5.24. The van der Waals surface area contributed by atoms with Gasteiger partial charge >= 0.3 is 0 Å². The first-order valence-corrected chi connectivity index (χ1v) is 15.6. The molecule has 3 aromatic carbocycles. The zero-order valence-electron chi connectivity index (χ0n) is 25.0. The van der Waals surface area contributed by atoms with Crippen molar-refractivity contribution in [3.05, 3.63) is 119 Å². The molecule has 0 saturated carbocycles. The summed E-state index contributed by atoms with van der Waals surface area (Å²) in [5, 5.41) is 2.08. The Morgan fingerprint density at radius 2 is 0.857 bits per heavy atom. The first-order valence-electron chi connectivity index (χ1n) is 15.6. The number of aromatic nitrogens is 2. The Kier molecular flexibility index (Phi) is 10.4. The first-order chi connectivity index (χ1) is 20.7. The summed E-state index contributed by atoms with van der Waals surface area (Å²) in [6.07, 6.45) is 16.3. The lowest BCUT2D eigenvalue weighted by Crippen LogP contribution is -1.89. The smallest absolute Gasteiger partial charge is 0.0965 e. The van der Waals surface area contributed by atoms with E-state index in [0.29, 0.717) is 0 Å². The number of aryl methyl sites for hydroxylation is 2. The van der Waals surface area contributed by atoms with Gasteiger partial charge in [0.1, 0.15) is 0 Å². The Morgan fingerprint density at radius 1 is 0.452 bits per heavy atom. The molecule has 0 saturated heterocycles. The van der Waals surface area contributed by atoms with Gasteiger partial charge in [0, 0.05) is 45.4 Å². The van der Waals surface area contributed by atoms with E-state index in [1.807, 2.05) is 12.4 Å². The summed E-state index contributed by atoms with van der Waals surface area (Å²) in [6.45, 7) is 4.50. The van der Waals surface area contributed by atoms with Crippen LogP contribution in [-0.2, 0) is 12.8 Å². The number of nitrogens with zero attached hydrogens (tertiary/aromatic N) is 2. The second-order valence-corrected chi connectivity index (χ2v) is 11.2. The predicted molar refractivity (Wildman–Crippen MR) is 178 cm³/mol. The highest BCUT2D eigenvalue weighted by molar-refractivity contribution is 6.03. The maximum absolute atomic E-state index is 4.75. The number of unbranched alkanes of at least 4 members (excludes halogenated alkanes) is 6. The summed E-state index contributed by atoms with van der Waals surface area (Å²) in [5.74, 6) is 13.2. The molecule has 5 rings (SSSR count). The molecule has 0 aliphatic rings. The van der Waals surface area contributed by atoms with Crippen molar-refractivity contribution in [2.24, 2.45) is 0 Å². The average molecular weight is 549 g/mol. The minimum absolute atomic E-state index is 0.888. The van der Waals surface area contributed by atoms with E-state index in [1.165, 1.54) is 62.5 Å². The number of benzene rings is 3. The summed E-state index contributed by atoms with van der Waals surface area (Å²) in [7, 11) is 0. The molecule has 210 valence electrons. The van der Waals surface area contributed by atoms with Gasteiger partial charge in [-0.25, -0.2) is 0 Å². The van der Waals surface area contributed by atoms with Crippen molar-refractivity contribution < 1.29 is 0 Å². The van der Waals surface area contributed by atoms with Crippen LogP contribution in [0.5, 0.6) is 0 Å². The molecule has 0 aliphatic heterocycles. The number of pyridine rings is 2. The van der Waals surface area contributed by atoms with Crippen LogP contribution in [0.3, 0.4) is 0 Å². The molecule has 2 heterocycles. The van der Waals surface area contributed by atoms with E-state index in [4.69, 9.17) is 9.97 Å². The van der Waals surface area contributed by atoms with Crippen LogP contribution in [-0.4, -0.2) is 9.97 Å². The number of fused-ring (bicyclic) bond motifs is 3. The quantitative estimate of drug-likeness (QED) is 0.0986. The van der Waals surface area contributed by atoms with Crippen molar-refractivity contribution in [1.82, 2.24) is 9.97 Å². The van der Waals surface area contributed by atoms with Gasteiger partial charge in [0.25, 0.3) is 0 Å². The van der Waals surface area contributed by atoms with Crippen LogP contribution in [0.4, 0.5) is 0 Å². The van der Waals surface area contributed by atoms with E-state index in [0.717, 1.165) is 56.9 Å². The van der Waals surface area contributed by atoms with Gasteiger partial charge < -0.3 is 0 Å². The van der Waals surface area contributed by atoms with Crippen LogP contribution in [0, 0.1) is 23.7 Å². The van der Waals surface area contributed by atoms with Gasteiger partial charge in [0.05, 0.1) is 11.0 Å². The molecule has 0 radical (unpaired) electrons. The fraction of sp³-hybridized carbons (Fsp3) is 0.300. The van der Waals surface area contributed by atoms with E-state index >= 15 is 0 Å². The molecule has 0 aliphatic carbocycles. The van der Waals surface area contributed by atoms with E-state index in [1.54, 1.807) is 0 Å². The van der Waals surface area contributed by atoms with Gasteiger partial charge in [0.2, 0.25) is 0 Å². The molecule has 5 aromatic rings. The molecule has 0 bridgehead atoms. The molecule has 0 amide bonds. The molecule has 0 fully saturated rings. The fourth-order valence-electron chi connectivity index (χ4n) is 5.24. The van der Waals surface area contributed by atoms with Crippen LogP contribution in [0.2, 0.25) is 0 Å². The van der Waals surface area contributed by atoms with Crippen molar-refractivity contribution in [2.75, 3.05) is 0 Å². The topological polar surface area (TPSA) is 25.8 Å². The molecule has 0 atom stereocenters. The van der Waals surface area contributed by atoms with Crippen molar-refractivity contribution in [1.29, 1.82) is 0 Å². The standard InChI is InChI=1S/C40H40N2/c1-3-5-7-9-11-31-13-17-33(18-14-31)21-23-35-27-37-25-26-38-28-36(30-42-40(38)39(37)41-29-35)24-22-34-19-15-32(16-20-34)12-10-8-6-4-2/h13-20,25-30H,3-12H2,1-2H3. The van der Waals surface area contributed by atoms with Gasteiger partial charge in [-0.2, -0.15) is 0 Å². The van der Waals surface area contributed by atoms with Gasteiger partial charge in [-0.1, -0.05) is 112 Å². The van der Waals surface area contributed by atoms with Crippen molar-refractivity contribution in [3.8, 4) is 23.7 Å². The van der Waals surface area contributed by atoms with Crippen molar-refractivity contribution in [2.45, 2.75) is 78.1 Å². The maximum atomic E-state index is 4.75. The maximum Gasteiger partial charge on any atom is 0.0965 e. The summed E-state index contributed by atoms with van der Waals surface area (Å²) < 4.78 is 0. The largest absolute Gasteiger partial charge is 0.253 e. The monoisotopic (exact) mass is 548 g/mol. The van der Waals surface area contributed by atoms with E-state index < -0.39 is 0 Å². The van der Waals surface area contributed by atoms with Gasteiger partial charge in [-0.3, -0.25) is 9.97 Å². The Hall–Kier alpha value is -4.40. The SMILES string of the molecule is CCCCCCc1ccc(C#Cc2cnc3c(ccc4cc(C#Cc5ccc(CCCCCC)cc5)cnc43)c2)cc1. The van der Waals surface area contributed by atoms with Gasteiger partial charge in [-0.05, 0) is 73.2 Å². The highest BCUT2D eigenvalue weighted by Gasteiger charge is 2.05. The van der Waals surface area contributed by atoms with E-state index in [-0.39, 0.29) is 0 Å². The van der Waals surface area contributed by atoms with Crippen molar-refractivity contribution in [3.63, 3.8) is 0 Å². The predicted octanol–water partition coefficient (Wildman–Crippen LogP) is 9.83. The molecule has 2 aromatic heterocycles. The third kappa shape index (κ3) is 8.09. The molecule has 42 heavy (non-hydrogen) atoms. The summed E-state index contributed by atoms with van der Waals surface area (Å²) in [5.41, 5.74) is 8.41. The molecule has 2 nitrogen and oxygen atoms in total. The lowest BCUT2D eigenvalue weighted by Gasteiger charge is -2.04. The number of hydrogen-bond donors (Lipinski definition) is 0. The highest BCUT2D eigenvalue weighted by Crippen LogP contribution is 2.23. The molecule has 0 unspecified atom stereocenters. The summed E-state index contributed by atoms with van der Waals surface area (Å²) >= 11 is 0. The van der Waals surface area contributed by atoms with Crippen LogP contribution in [0.1, 0.15) is 98.6 Å². The number of hydrogen-bond acceptors (Lipinski definition) is 2. The average Bonchev–Trinajstić information content (AvgIpc) is 3.04. The van der Waals surface area contributed by atoms with Crippen LogP contribution in [0.25, 0.3) is 21.8 Å². The first kappa shape index (κ1) is 29.1. The normalized spacial score (nSPS) is 10.7. The van der Waals surface area contributed by atoms with Gasteiger partial charge in [0.15, 0.2) is 0 Å². The minimum Gasteiger partial charge on any atom is -0.253 e. The van der Waals surface area contributed by atoms with Crippen molar-refractivity contribution >= 4 is 21.8 Å². The zero-order valence-corrected chi connectivity index (χ0v) is 25.0. The van der Waals surface area contributed by atoms with Crippen LogP contribution in [0.15, 0.2) is 85.2 Å². The number of rotatable bonds is 10. The van der Waals surface area contributed by atoms with Crippen LogP contribution >= 0.6 is 0 Å². The summed E-state index contributed by atoms with van der Waals surface area (Å²) in [6, 6.07) is 25.7. The zero-order chi connectivity index (χ0) is 29.0. The highest BCUT2D eigenvalue weighted by atomic mass is 14.7. The molecular formula is C40H40N2. The lowest BCUT2D eigenvalue weighted by molar-refractivity contribution is 0.667. The second-order valence-electron chi connectivity index (χ2n) is 11.2. The lowest BCUT2D eigenvalue weighted by atomic mass is 10.0. The third-order valence-corrected chi connectivity index (χ3v) is 7.75. The van der Waals surface area contributed by atoms with E-state index in [2.05, 4.69) is 110 Å². The Labute approximate surface area is 251 Å². The molecular weight excluding hydrogens is 508 g/mol.